The third kappa shape index (κ3) is 4.72. The highest BCUT2D eigenvalue weighted by molar-refractivity contribution is 5.89. The first-order chi connectivity index (χ1) is 3.77. The summed E-state index contributed by atoms with van der Waals surface area (Å²) in [5, 5.41) is 10.9. The van der Waals surface area contributed by atoms with Gasteiger partial charge in [0.25, 0.3) is 0 Å². The molecule has 1 N–H and O–H groups in total. The average molecular weight is 115 g/mol. The summed E-state index contributed by atoms with van der Waals surface area (Å²) in [5.41, 5.74) is 0. The van der Waals surface area contributed by atoms with Gasteiger partial charge in [0.2, 0.25) is 0 Å². The minimum absolute atomic E-state index is 0.753. The highest BCUT2D eigenvalue weighted by atomic mass is 16.6. The molecule has 0 saturated carbocycles. The Morgan fingerprint density at radius 2 is 2.62 bits per heavy atom. The Labute approximate surface area is 46.1 Å². The molecule has 8 heavy (non-hydrogen) atoms. The van der Waals surface area contributed by atoms with Crippen molar-refractivity contribution in [3.63, 3.8) is 0 Å². The first-order valence-electron chi connectivity index (χ1n) is 1.82. The molecule has 0 aliphatic carbocycles. The highest BCUT2D eigenvalue weighted by Gasteiger charge is 1.79. The van der Waals surface area contributed by atoms with Crippen LogP contribution in [0.3, 0.4) is 0 Å². The van der Waals surface area contributed by atoms with Gasteiger partial charge in [0, 0.05) is 5.87 Å². The Kier molecular flexibility index (Phi) is 3.27. The monoisotopic (exact) mass is 115 g/mol. The molecule has 0 aromatic heterocycles. The minimum atomic E-state index is -1.09. The van der Waals surface area contributed by atoms with Crippen LogP contribution in [0.2, 0.25) is 0 Å². The average Bonchev–Trinajstić information content (AvgIpc) is 1.66. The van der Waals surface area contributed by atoms with Crippen molar-refractivity contribution in [3.8, 4) is 0 Å². The van der Waals surface area contributed by atoms with Crippen molar-refractivity contribution in [1.82, 2.24) is 0 Å². The normalized spacial score (nSPS) is 6.62. The van der Waals surface area contributed by atoms with E-state index >= 15 is 0 Å². The Balaban J connectivity index is 3.64. The second-order valence-corrected chi connectivity index (χ2v) is 0.886. The van der Waals surface area contributed by atoms with Crippen molar-refractivity contribution in [1.29, 1.82) is 0 Å². The Bertz CT molecular complexity index is 134. The summed E-state index contributed by atoms with van der Waals surface area (Å²) in [4.78, 5) is 13.8. The number of carboxylic acids is 1. The molecule has 0 bridgehead atoms. The van der Waals surface area contributed by atoms with Crippen molar-refractivity contribution in [2.45, 2.75) is 0 Å². The van der Waals surface area contributed by atoms with Crippen LogP contribution in [0.1, 0.15) is 0 Å². The van der Waals surface area contributed by atoms with E-state index in [-0.39, 0.29) is 0 Å². The first kappa shape index (κ1) is 6.72. The predicted molar refractivity (Wildman–Crippen MR) is 26.6 cm³/mol. The van der Waals surface area contributed by atoms with E-state index in [2.05, 4.69) is 9.99 Å². The van der Waals surface area contributed by atoms with Gasteiger partial charge in [-0.2, -0.15) is 0 Å². The second-order valence-electron chi connectivity index (χ2n) is 0.886. The van der Waals surface area contributed by atoms with Crippen LogP contribution in [0.15, 0.2) is 11.2 Å². The van der Waals surface area contributed by atoms with E-state index in [4.69, 9.17) is 5.11 Å². The zero-order chi connectivity index (χ0) is 6.41. The summed E-state index contributed by atoms with van der Waals surface area (Å²) in [6.45, 7) is 0. The van der Waals surface area contributed by atoms with Crippen LogP contribution in [-0.2, 0) is 9.63 Å². The third-order valence-electron chi connectivity index (χ3n) is 0.332. The summed E-state index contributed by atoms with van der Waals surface area (Å²) < 4.78 is 0. The number of carbonyl (C=O) groups is 1. The van der Waals surface area contributed by atoms with Gasteiger partial charge in [-0.3, -0.25) is 0 Å². The van der Waals surface area contributed by atoms with Gasteiger partial charge in [0.15, 0.2) is 0 Å². The lowest BCUT2D eigenvalue weighted by Crippen LogP contribution is -1.85. The molecule has 0 heterocycles. The van der Waals surface area contributed by atoms with Crippen LogP contribution in [-0.4, -0.2) is 24.1 Å². The van der Waals surface area contributed by atoms with E-state index in [1.54, 1.807) is 0 Å². The molecule has 0 radical (unpaired) electrons. The van der Waals surface area contributed by atoms with Gasteiger partial charge in [0.05, 0.1) is 6.08 Å². The Hall–Kier alpha value is -1.28. The van der Waals surface area contributed by atoms with E-state index in [9.17, 15) is 4.79 Å². The number of carboxylic acid groups (broad SMARTS) is 1. The SMILES string of the molecule is CON=C=CC(=O)O. The lowest BCUT2D eigenvalue weighted by atomic mass is 10.7. The molecule has 0 rings (SSSR count). The first-order valence-corrected chi connectivity index (χ1v) is 1.82. The molecule has 0 amide bonds. The van der Waals surface area contributed by atoms with Crippen LogP contribution in [0.25, 0.3) is 0 Å². The highest BCUT2D eigenvalue weighted by Crippen LogP contribution is 1.61. The standard InChI is InChI=1S/C4H5NO3/c1-8-5-3-2-4(6)7/h2H,1H3,(H,6,7). The van der Waals surface area contributed by atoms with Crippen LogP contribution in [0.5, 0.6) is 0 Å². The zero-order valence-corrected chi connectivity index (χ0v) is 4.29. The summed E-state index contributed by atoms with van der Waals surface area (Å²) in [5.74, 6) is 0.921. The van der Waals surface area contributed by atoms with Gasteiger partial charge in [-0.25, -0.2) is 4.79 Å². The second kappa shape index (κ2) is 3.89. The lowest BCUT2D eigenvalue weighted by Gasteiger charge is -1.73. The third-order valence-corrected chi connectivity index (χ3v) is 0.332. The van der Waals surface area contributed by atoms with Crippen LogP contribution in [0, 0.1) is 0 Å². The lowest BCUT2D eigenvalue weighted by molar-refractivity contribution is -0.131. The molecule has 0 saturated heterocycles. The Morgan fingerprint density at radius 3 is 3.00 bits per heavy atom. The van der Waals surface area contributed by atoms with Crippen molar-refractivity contribution in [3.05, 3.63) is 6.08 Å². The van der Waals surface area contributed by atoms with Crippen molar-refractivity contribution in [2.24, 2.45) is 5.16 Å². The fourth-order valence-corrected chi connectivity index (χ4v) is 0.134. The smallest absolute Gasteiger partial charge is 0.337 e. The van der Waals surface area contributed by atoms with Gasteiger partial charge in [0.1, 0.15) is 7.11 Å². The number of hydrogen-bond donors (Lipinski definition) is 1. The van der Waals surface area contributed by atoms with Crippen molar-refractivity contribution in [2.75, 3.05) is 7.11 Å². The summed E-state index contributed by atoms with van der Waals surface area (Å²) in [7, 11) is 1.31. The van der Waals surface area contributed by atoms with Gasteiger partial charge < -0.3 is 9.94 Å². The molecule has 0 spiro atoms. The number of rotatable bonds is 2. The molecule has 0 aromatic rings. The molecular formula is C4H5NO3. The maximum Gasteiger partial charge on any atom is 0.337 e. The van der Waals surface area contributed by atoms with Gasteiger partial charge in [-0.1, -0.05) is 0 Å². The largest absolute Gasteiger partial charge is 0.478 e. The summed E-state index contributed by atoms with van der Waals surface area (Å²) in [6, 6.07) is 0. The summed E-state index contributed by atoms with van der Waals surface area (Å²) in [6.07, 6.45) is 0.753. The van der Waals surface area contributed by atoms with Crippen molar-refractivity contribution < 1.29 is 14.7 Å². The summed E-state index contributed by atoms with van der Waals surface area (Å²) >= 11 is 0. The van der Waals surface area contributed by atoms with E-state index < -0.39 is 5.97 Å². The minimum Gasteiger partial charge on any atom is -0.478 e. The topological polar surface area (TPSA) is 58.9 Å². The number of aliphatic carboxylic acids is 1. The van der Waals surface area contributed by atoms with Gasteiger partial charge >= 0.3 is 5.97 Å². The zero-order valence-electron chi connectivity index (χ0n) is 4.29. The van der Waals surface area contributed by atoms with Crippen molar-refractivity contribution >= 4 is 11.8 Å². The van der Waals surface area contributed by atoms with E-state index in [0.29, 0.717) is 0 Å². The van der Waals surface area contributed by atoms with E-state index in [0.717, 1.165) is 6.08 Å². The molecule has 0 unspecified atom stereocenters. The molecule has 0 aromatic carbocycles. The van der Waals surface area contributed by atoms with Crippen LogP contribution < -0.4 is 0 Å². The molecule has 0 aliphatic heterocycles. The molecule has 4 heteroatoms. The van der Waals surface area contributed by atoms with Gasteiger partial charge in [-0.15, -0.1) is 0 Å². The van der Waals surface area contributed by atoms with E-state index in [1.165, 1.54) is 7.11 Å². The molecule has 0 atom stereocenters. The number of hydrogen-bond acceptors (Lipinski definition) is 3. The molecule has 0 aliphatic rings. The maximum absolute atomic E-state index is 9.64. The number of nitrogens with zero attached hydrogens (tertiary/aromatic N) is 1. The fraction of sp³-hybridized carbons (Fsp3) is 0.250. The quantitative estimate of drug-likeness (QED) is 0.309. The van der Waals surface area contributed by atoms with Crippen LogP contribution >= 0.6 is 0 Å². The van der Waals surface area contributed by atoms with Crippen LogP contribution in [0.4, 0.5) is 0 Å². The molecular weight excluding hydrogens is 110 g/mol. The molecule has 0 fully saturated rings. The molecule has 44 valence electrons. The maximum atomic E-state index is 9.64. The fourth-order valence-electron chi connectivity index (χ4n) is 0.134. The predicted octanol–water partition coefficient (Wildman–Crippen LogP) is -0.142. The Morgan fingerprint density at radius 1 is 2.00 bits per heavy atom. The van der Waals surface area contributed by atoms with Gasteiger partial charge in [-0.05, 0) is 5.16 Å². The molecule has 4 nitrogen and oxygen atoms in total. The van der Waals surface area contributed by atoms with E-state index in [1.807, 2.05) is 5.87 Å².